The summed E-state index contributed by atoms with van der Waals surface area (Å²) in [6, 6.07) is 15.3. The number of nitrogens with one attached hydrogen (secondary N) is 2. The minimum atomic E-state index is -0.157. The average molecular weight is 349 g/mol. The van der Waals surface area contributed by atoms with Gasteiger partial charge < -0.3 is 15.4 Å². The van der Waals surface area contributed by atoms with Crippen LogP contribution in [0.1, 0.15) is 20.8 Å². The van der Waals surface area contributed by atoms with Crippen LogP contribution in [-0.2, 0) is 0 Å². The van der Waals surface area contributed by atoms with Gasteiger partial charge in [-0.25, -0.2) is 4.98 Å². The molecule has 6 heteroatoms. The molecule has 26 heavy (non-hydrogen) atoms. The standard InChI is InChI=1S/C20H23N5O/c1-20(2,3)25-19-23-17(16-10-5-6-11-21-16)13-18(24-19)22-14-8-7-9-15(12-14)26-4/h5-13H,1-4H3,(H2,22,23,24,25). The van der Waals surface area contributed by atoms with Gasteiger partial charge in [0.25, 0.3) is 0 Å². The fourth-order valence-electron chi connectivity index (χ4n) is 2.40. The topological polar surface area (TPSA) is 72.0 Å². The molecule has 1 aromatic carbocycles. The summed E-state index contributed by atoms with van der Waals surface area (Å²) >= 11 is 0. The molecule has 0 radical (unpaired) electrons. The molecule has 3 rings (SSSR count). The molecule has 0 aliphatic carbocycles. The molecule has 0 atom stereocenters. The zero-order valence-corrected chi connectivity index (χ0v) is 15.4. The number of rotatable bonds is 5. The lowest BCUT2D eigenvalue weighted by Crippen LogP contribution is -2.27. The molecule has 0 spiro atoms. The molecule has 0 amide bonds. The molecule has 0 saturated heterocycles. The van der Waals surface area contributed by atoms with Crippen molar-refractivity contribution in [2.24, 2.45) is 0 Å². The minimum absolute atomic E-state index is 0.157. The second-order valence-electron chi connectivity index (χ2n) is 6.91. The highest BCUT2D eigenvalue weighted by molar-refractivity contribution is 5.66. The Hall–Kier alpha value is -3.15. The van der Waals surface area contributed by atoms with E-state index in [4.69, 9.17) is 4.74 Å². The lowest BCUT2D eigenvalue weighted by atomic mass is 10.1. The smallest absolute Gasteiger partial charge is 0.225 e. The summed E-state index contributed by atoms with van der Waals surface area (Å²) in [5, 5.41) is 6.64. The van der Waals surface area contributed by atoms with E-state index in [1.807, 2.05) is 48.5 Å². The number of hydrogen-bond donors (Lipinski definition) is 2. The summed E-state index contributed by atoms with van der Waals surface area (Å²) in [5.41, 5.74) is 2.27. The van der Waals surface area contributed by atoms with E-state index in [-0.39, 0.29) is 5.54 Å². The van der Waals surface area contributed by atoms with Crippen LogP contribution in [0.25, 0.3) is 11.4 Å². The third kappa shape index (κ3) is 4.69. The summed E-state index contributed by atoms with van der Waals surface area (Å²) in [4.78, 5) is 13.6. The molecule has 0 unspecified atom stereocenters. The van der Waals surface area contributed by atoms with Gasteiger partial charge in [-0.05, 0) is 45.0 Å². The Morgan fingerprint density at radius 1 is 0.923 bits per heavy atom. The van der Waals surface area contributed by atoms with Gasteiger partial charge in [-0.2, -0.15) is 4.98 Å². The van der Waals surface area contributed by atoms with Gasteiger partial charge in [-0.3, -0.25) is 4.98 Å². The van der Waals surface area contributed by atoms with Crippen LogP contribution in [0.4, 0.5) is 17.5 Å². The van der Waals surface area contributed by atoms with Crippen LogP contribution in [-0.4, -0.2) is 27.6 Å². The first-order valence-electron chi connectivity index (χ1n) is 8.43. The van der Waals surface area contributed by atoms with Crippen LogP contribution in [0.3, 0.4) is 0 Å². The maximum Gasteiger partial charge on any atom is 0.225 e. The van der Waals surface area contributed by atoms with E-state index >= 15 is 0 Å². The van der Waals surface area contributed by atoms with Crippen molar-refractivity contribution >= 4 is 17.5 Å². The first-order valence-corrected chi connectivity index (χ1v) is 8.43. The molecule has 6 nitrogen and oxygen atoms in total. The maximum absolute atomic E-state index is 5.28. The van der Waals surface area contributed by atoms with Crippen molar-refractivity contribution in [1.82, 2.24) is 15.0 Å². The molecule has 0 bridgehead atoms. The molecule has 0 fully saturated rings. The van der Waals surface area contributed by atoms with Crippen molar-refractivity contribution in [3.8, 4) is 17.1 Å². The highest BCUT2D eigenvalue weighted by atomic mass is 16.5. The molecule has 2 aromatic heterocycles. The van der Waals surface area contributed by atoms with Crippen LogP contribution in [0.5, 0.6) is 5.75 Å². The summed E-state index contributed by atoms with van der Waals surface area (Å²) in [7, 11) is 1.65. The van der Waals surface area contributed by atoms with E-state index in [9.17, 15) is 0 Å². The van der Waals surface area contributed by atoms with E-state index in [1.54, 1.807) is 13.3 Å². The molecule has 0 aliphatic rings. The zero-order valence-electron chi connectivity index (χ0n) is 15.4. The lowest BCUT2D eigenvalue weighted by molar-refractivity contribution is 0.415. The van der Waals surface area contributed by atoms with Crippen LogP contribution < -0.4 is 15.4 Å². The Balaban J connectivity index is 1.98. The van der Waals surface area contributed by atoms with E-state index in [1.165, 1.54) is 0 Å². The van der Waals surface area contributed by atoms with E-state index in [0.29, 0.717) is 11.8 Å². The monoisotopic (exact) mass is 349 g/mol. The molecule has 3 aromatic rings. The van der Waals surface area contributed by atoms with Crippen LogP contribution in [0.15, 0.2) is 54.7 Å². The SMILES string of the molecule is COc1cccc(Nc2cc(-c3ccccn3)nc(NC(C)(C)C)n2)c1. The van der Waals surface area contributed by atoms with Crippen molar-refractivity contribution in [3.63, 3.8) is 0 Å². The summed E-state index contributed by atoms with van der Waals surface area (Å²) < 4.78 is 5.28. The number of ether oxygens (including phenoxy) is 1. The predicted octanol–water partition coefficient (Wildman–Crippen LogP) is 4.50. The first-order chi connectivity index (χ1) is 12.4. The number of hydrogen-bond acceptors (Lipinski definition) is 6. The van der Waals surface area contributed by atoms with Gasteiger partial charge in [0, 0.05) is 29.6 Å². The number of methoxy groups -OCH3 is 1. The molecular weight excluding hydrogens is 326 g/mol. The Labute approximate surface area is 153 Å². The fourth-order valence-corrected chi connectivity index (χ4v) is 2.40. The number of anilines is 3. The van der Waals surface area contributed by atoms with Gasteiger partial charge >= 0.3 is 0 Å². The lowest BCUT2D eigenvalue weighted by Gasteiger charge is -2.21. The summed E-state index contributed by atoms with van der Waals surface area (Å²) in [6.45, 7) is 6.21. The van der Waals surface area contributed by atoms with Gasteiger partial charge in [-0.15, -0.1) is 0 Å². The largest absolute Gasteiger partial charge is 0.497 e. The summed E-state index contributed by atoms with van der Waals surface area (Å²) in [6.07, 6.45) is 1.75. The van der Waals surface area contributed by atoms with Gasteiger partial charge in [0.15, 0.2) is 0 Å². The van der Waals surface area contributed by atoms with Gasteiger partial charge in [-0.1, -0.05) is 12.1 Å². The van der Waals surface area contributed by atoms with Crippen molar-refractivity contribution in [2.45, 2.75) is 26.3 Å². The third-order valence-electron chi connectivity index (χ3n) is 3.48. The van der Waals surface area contributed by atoms with Crippen LogP contribution >= 0.6 is 0 Å². The van der Waals surface area contributed by atoms with E-state index in [0.717, 1.165) is 22.8 Å². The van der Waals surface area contributed by atoms with Gasteiger partial charge in [0.1, 0.15) is 11.6 Å². The molecule has 134 valence electrons. The third-order valence-corrected chi connectivity index (χ3v) is 3.48. The Bertz CT molecular complexity index is 875. The normalized spacial score (nSPS) is 11.1. The number of nitrogens with zero attached hydrogens (tertiary/aromatic N) is 3. The Morgan fingerprint density at radius 2 is 1.77 bits per heavy atom. The number of aromatic nitrogens is 3. The fraction of sp³-hybridized carbons (Fsp3) is 0.250. The van der Waals surface area contributed by atoms with Crippen molar-refractivity contribution < 1.29 is 4.74 Å². The Morgan fingerprint density at radius 3 is 2.46 bits per heavy atom. The highest BCUT2D eigenvalue weighted by Crippen LogP contribution is 2.25. The van der Waals surface area contributed by atoms with Crippen molar-refractivity contribution in [2.75, 3.05) is 17.7 Å². The van der Waals surface area contributed by atoms with Gasteiger partial charge in [0.05, 0.1) is 18.5 Å². The molecule has 0 aliphatic heterocycles. The highest BCUT2D eigenvalue weighted by Gasteiger charge is 2.14. The minimum Gasteiger partial charge on any atom is -0.497 e. The zero-order chi connectivity index (χ0) is 18.6. The van der Waals surface area contributed by atoms with Gasteiger partial charge in [0.2, 0.25) is 5.95 Å². The quantitative estimate of drug-likeness (QED) is 0.706. The molecule has 2 heterocycles. The predicted molar refractivity (Wildman–Crippen MR) is 105 cm³/mol. The molecular formula is C20H23N5O. The molecule has 0 saturated carbocycles. The second kappa shape index (κ2) is 7.39. The first kappa shape index (κ1) is 17.7. The van der Waals surface area contributed by atoms with Crippen LogP contribution in [0, 0.1) is 0 Å². The van der Waals surface area contributed by atoms with E-state index in [2.05, 4.69) is 46.4 Å². The van der Waals surface area contributed by atoms with Crippen molar-refractivity contribution in [1.29, 1.82) is 0 Å². The number of pyridine rings is 1. The average Bonchev–Trinajstić information content (AvgIpc) is 2.61. The Kier molecular flexibility index (Phi) is 5.02. The number of benzene rings is 1. The second-order valence-corrected chi connectivity index (χ2v) is 6.91. The van der Waals surface area contributed by atoms with Crippen molar-refractivity contribution in [3.05, 3.63) is 54.7 Å². The van der Waals surface area contributed by atoms with E-state index < -0.39 is 0 Å². The maximum atomic E-state index is 5.28. The summed E-state index contributed by atoms with van der Waals surface area (Å²) in [5.74, 6) is 2.01. The van der Waals surface area contributed by atoms with Crippen LogP contribution in [0.2, 0.25) is 0 Å². The molecule has 2 N–H and O–H groups in total.